The molecule has 0 radical (unpaired) electrons. The second kappa shape index (κ2) is 7.16. The van der Waals surface area contributed by atoms with E-state index >= 15 is 0 Å². The predicted octanol–water partition coefficient (Wildman–Crippen LogP) is 2.57. The van der Waals surface area contributed by atoms with Crippen molar-refractivity contribution in [3.63, 3.8) is 0 Å². The highest BCUT2D eigenvalue weighted by molar-refractivity contribution is 6.03. The van der Waals surface area contributed by atoms with Gasteiger partial charge in [-0.05, 0) is 18.1 Å². The lowest BCUT2D eigenvalue weighted by Crippen LogP contribution is -2.17. The summed E-state index contributed by atoms with van der Waals surface area (Å²) in [6.45, 7) is 6.01. The van der Waals surface area contributed by atoms with Crippen LogP contribution in [-0.4, -0.2) is 35.6 Å². The van der Waals surface area contributed by atoms with Crippen LogP contribution in [0.3, 0.4) is 0 Å². The van der Waals surface area contributed by atoms with Gasteiger partial charge in [-0.2, -0.15) is 0 Å². The molecule has 2 aromatic rings. The Kier molecular flexibility index (Phi) is 4.79. The number of amides is 1. The van der Waals surface area contributed by atoms with Crippen LogP contribution in [0.2, 0.25) is 0 Å². The fourth-order valence-electron chi connectivity index (χ4n) is 2.20. The van der Waals surface area contributed by atoms with Crippen LogP contribution in [0, 0.1) is 5.92 Å². The third-order valence-corrected chi connectivity index (χ3v) is 3.39. The number of nitrogens with zero attached hydrogens (tertiary/aromatic N) is 2. The number of nitrogens with one attached hydrogen (secondary N) is 2. The molecule has 0 spiro atoms. The molecule has 1 aromatic carbocycles. The topological polar surface area (TPSA) is 85.4 Å². The number of rotatable bonds is 5. The van der Waals surface area contributed by atoms with Gasteiger partial charge in [-0.1, -0.05) is 13.8 Å². The summed E-state index contributed by atoms with van der Waals surface area (Å²) in [4.78, 5) is 20.5. The molecule has 2 N–H and O–H groups in total. The first-order chi connectivity index (χ1) is 11.6. The molecule has 1 amide bonds. The molecule has 1 aromatic heterocycles. The number of carbonyl (C=O) groups is 1. The first-order valence-corrected chi connectivity index (χ1v) is 7.89. The first-order valence-electron chi connectivity index (χ1n) is 7.89. The van der Waals surface area contributed by atoms with Crippen molar-refractivity contribution in [3.05, 3.63) is 36.3 Å². The van der Waals surface area contributed by atoms with Crippen LogP contribution in [-0.2, 0) is 0 Å². The summed E-state index contributed by atoms with van der Waals surface area (Å²) in [6, 6.07) is 6.92. The Morgan fingerprint density at radius 1 is 1.17 bits per heavy atom. The Bertz CT molecular complexity index is 734. The molecule has 126 valence electrons. The smallest absolute Gasteiger partial charge is 0.274 e. The molecule has 0 unspecified atom stereocenters. The molecule has 1 aliphatic rings. The lowest BCUT2D eigenvalue weighted by Gasteiger charge is -2.19. The quantitative estimate of drug-likeness (QED) is 0.877. The largest absolute Gasteiger partial charge is 0.486 e. The van der Waals surface area contributed by atoms with Crippen molar-refractivity contribution in [2.75, 3.05) is 30.4 Å². The highest BCUT2D eigenvalue weighted by Crippen LogP contribution is 2.32. The lowest BCUT2D eigenvalue weighted by molar-refractivity contribution is 0.102. The van der Waals surface area contributed by atoms with Crippen LogP contribution in [0.4, 0.5) is 11.5 Å². The zero-order valence-corrected chi connectivity index (χ0v) is 13.7. The number of anilines is 2. The highest BCUT2D eigenvalue weighted by atomic mass is 16.6. The van der Waals surface area contributed by atoms with Crippen LogP contribution in [0.15, 0.2) is 30.6 Å². The monoisotopic (exact) mass is 328 g/mol. The average molecular weight is 328 g/mol. The molecule has 24 heavy (non-hydrogen) atoms. The molecule has 1 aliphatic heterocycles. The van der Waals surface area contributed by atoms with E-state index in [1.165, 1.54) is 6.33 Å². The fourth-order valence-corrected chi connectivity index (χ4v) is 2.20. The van der Waals surface area contributed by atoms with Gasteiger partial charge in [0.1, 0.15) is 31.1 Å². The van der Waals surface area contributed by atoms with Crippen molar-refractivity contribution in [2.24, 2.45) is 5.92 Å². The molecule has 0 saturated heterocycles. The van der Waals surface area contributed by atoms with Gasteiger partial charge in [0.15, 0.2) is 11.5 Å². The number of ether oxygens (including phenoxy) is 2. The van der Waals surface area contributed by atoms with Crippen LogP contribution in [0.1, 0.15) is 24.3 Å². The summed E-state index contributed by atoms with van der Waals surface area (Å²) in [7, 11) is 0. The minimum absolute atomic E-state index is 0.297. The van der Waals surface area contributed by atoms with E-state index in [2.05, 4.69) is 34.4 Å². The maximum atomic E-state index is 12.4. The molecular formula is C17H20N4O3. The van der Waals surface area contributed by atoms with Gasteiger partial charge in [-0.15, -0.1) is 0 Å². The van der Waals surface area contributed by atoms with Gasteiger partial charge in [-0.25, -0.2) is 9.97 Å². The van der Waals surface area contributed by atoms with Gasteiger partial charge in [0.05, 0.1) is 0 Å². The molecule has 0 saturated carbocycles. The molecule has 7 nitrogen and oxygen atoms in total. The molecular weight excluding hydrogens is 308 g/mol. The molecule has 0 fully saturated rings. The predicted molar refractivity (Wildman–Crippen MR) is 90.7 cm³/mol. The number of fused-ring (bicyclic) bond motifs is 1. The summed E-state index contributed by atoms with van der Waals surface area (Å²) >= 11 is 0. The summed E-state index contributed by atoms with van der Waals surface area (Å²) in [5.74, 6) is 2.12. The second-order valence-electron chi connectivity index (χ2n) is 5.88. The van der Waals surface area contributed by atoms with E-state index in [1.54, 1.807) is 24.3 Å². The average Bonchev–Trinajstić information content (AvgIpc) is 2.60. The standard InChI is InChI=1S/C17H20N4O3/c1-11(2)9-18-16-8-13(19-10-20-16)17(22)21-12-3-4-14-15(7-12)24-6-5-23-14/h3-4,7-8,10-11H,5-6,9H2,1-2H3,(H,21,22)(H,18,19,20). The maximum Gasteiger partial charge on any atom is 0.274 e. The van der Waals surface area contributed by atoms with Gasteiger partial charge < -0.3 is 20.1 Å². The van der Waals surface area contributed by atoms with Crippen LogP contribution in [0.5, 0.6) is 11.5 Å². The fraction of sp³-hybridized carbons (Fsp3) is 0.353. The van der Waals surface area contributed by atoms with E-state index in [4.69, 9.17) is 9.47 Å². The normalized spacial score (nSPS) is 12.8. The summed E-state index contributed by atoms with van der Waals surface area (Å²) in [5, 5.41) is 5.98. The van der Waals surface area contributed by atoms with Crippen LogP contribution < -0.4 is 20.1 Å². The van der Waals surface area contributed by atoms with Crippen LogP contribution in [0.25, 0.3) is 0 Å². The van der Waals surface area contributed by atoms with Crippen molar-refractivity contribution < 1.29 is 14.3 Å². The van der Waals surface area contributed by atoms with Crippen LogP contribution >= 0.6 is 0 Å². The first kappa shape index (κ1) is 16.0. The Hall–Kier alpha value is -2.83. The second-order valence-corrected chi connectivity index (χ2v) is 5.88. The number of hydrogen-bond acceptors (Lipinski definition) is 6. The minimum Gasteiger partial charge on any atom is -0.486 e. The van der Waals surface area contributed by atoms with Crippen molar-refractivity contribution in [1.82, 2.24) is 9.97 Å². The SMILES string of the molecule is CC(C)CNc1cc(C(=O)Nc2ccc3c(c2)OCCO3)ncn1. The van der Waals surface area contributed by atoms with Crippen molar-refractivity contribution in [2.45, 2.75) is 13.8 Å². The van der Waals surface area contributed by atoms with Crippen molar-refractivity contribution in [1.29, 1.82) is 0 Å². The molecule has 7 heteroatoms. The number of aromatic nitrogens is 2. The van der Waals surface area contributed by atoms with Gasteiger partial charge >= 0.3 is 0 Å². The Labute approximate surface area is 140 Å². The summed E-state index contributed by atoms with van der Waals surface area (Å²) < 4.78 is 11.0. The Balaban J connectivity index is 1.69. The maximum absolute atomic E-state index is 12.4. The van der Waals surface area contributed by atoms with E-state index in [-0.39, 0.29) is 5.91 Å². The number of carbonyl (C=O) groups excluding carboxylic acids is 1. The lowest BCUT2D eigenvalue weighted by atomic mass is 10.2. The summed E-state index contributed by atoms with van der Waals surface area (Å²) in [5.41, 5.74) is 0.922. The molecule has 0 aliphatic carbocycles. The minimum atomic E-state index is -0.304. The van der Waals surface area contributed by atoms with Crippen molar-refractivity contribution >= 4 is 17.4 Å². The summed E-state index contributed by atoms with van der Waals surface area (Å²) in [6.07, 6.45) is 1.38. The van der Waals surface area contributed by atoms with Crippen molar-refractivity contribution in [3.8, 4) is 11.5 Å². The number of benzene rings is 1. The number of hydrogen-bond donors (Lipinski definition) is 2. The van der Waals surface area contributed by atoms with E-state index in [9.17, 15) is 4.79 Å². The molecule has 2 heterocycles. The Morgan fingerprint density at radius 2 is 1.96 bits per heavy atom. The molecule has 3 rings (SSSR count). The van der Waals surface area contributed by atoms with Gasteiger partial charge in [0, 0.05) is 24.4 Å². The highest BCUT2D eigenvalue weighted by Gasteiger charge is 2.14. The van der Waals surface area contributed by atoms with E-state index < -0.39 is 0 Å². The van der Waals surface area contributed by atoms with E-state index in [0.29, 0.717) is 47.8 Å². The van der Waals surface area contributed by atoms with Gasteiger partial charge in [-0.3, -0.25) is 4.79 Å². The van der Waals surface area contributed by atoms with E-state index in [0.717, 1.165) is 6.54 Å². The third-order valence-electron chi connectivity index (χ3n) is 3.39. The molecule has 0 bridgehead atoms. The van der Waals surface area contributed by atoms with Gasteiger partial charge in [0.2, 0.25) is 0 Å². The third kappa shape index (κ3) is 3.92. The molecule has 0 atom stereocenters. The zero-order chi connectivity index (χ0) is 16.9. The Morgan fingerprint density at radius 3 is 2.75 bits per heavy atom. The van der Waals surface area contributed by atoms with E-state index in [1.807, 2.05) is 0 Å². The van der Waals surface area contributed by atoms with Gasteiger partial charge in [0.25, 0.3) is 5.91 Å². The zero-order valence-electron chi connectivity index (χ0n) is 13.7.